The number of pyridine rings is 1. The van der Waals surface area contributed by atoms with Crippen LogP contribution in [0.3, 0.4) is 0 Å². The van der Waals surface area contributed by atoms with Gasteiger partial charge in [-0.15, -0.1) is 0 Å². The average molecular weight is 392 g/mol. The zero-order chi connectivity index (χ0) is 21.3. The van der Waals surface area contributed by atoms with E-state index in [1.165, 1.54) is 6.20 Å². The molecule has 1 saturated heterocycles. The molecule has 2 rings (SSSR count). The Kier molecular flexibility index (Phi) is 6.26. The number of amides is 1. The first-order chi connectivity index (χ1) is 12.7. The van der Waals surface area contributed by atoms with Gasteiger partial charge in [0, 0.05) is 18.3 Å². The van der Waals surface area contributed by atoms with Gasteiger partial charge >= 0.3 is 13.2 Å². The van der Waals surface area contributed by atoms with Crippen molar-refractivity contribution < 1.29 is 23.2 Å². The summed E-state index contributed by atoms with van der Waals surface area (Å²) in [7, 11) is -0.685. The second-order valence-electron chi connectivity index (χ2n) is 8.98. The van der Waals surface area contributed by atoms with Crippen molar-refractivity contribution in [2.75, 3.05) is 6.54 Å². The van der Waals surface area contributed by atoms with Gasteiger partial charge in [0.2, 0.25) is 5.95 Å². The maximum absolute atomic E-state index is 13.9. The first-order valence-corrected chi connectivity index (χ1v) is 9.36. The van der Waals surface area contributed by atoms with Gasteiger partial charge in [0.15, 0.2) is 0 Å². The molecule has 1 fully saturated rings. The Hall–Kier alpha value is -1.93. The van der Waals surface area contributed by atoms with E-state index in [1.54, 1.807) is 39.8 Å². The number of carbonyl (C=O) groups is 1. The molecule has 1 aromatic rings. The highest BCUT2D eigenvalue weighted by atomic mass is 19.1. The Morgan fingerprint density at radius 3 is 2.39 bits per heavy atom. The number of carbonyl (C=O) groups excluding carboxylic acids is 1. The normalized spacial score (nSPS) is 18.9. The Morgan fingerprint density at radius 1 is 1.29 bits per heavy atom. The molecular formula is C20H30BFN2O4. The van der Waals surface area contributed by atoms with Gasteiger partial charge < -0.3 is 19.4 Å². The van der Waals surface area contributed by atoms with Gasteiger partial charge in [0.25, 0.3) is 0 Å². The number of nitrogens with zero attached hydrogens (tertiary/aromatic N) is 1. The lowest BCUT2D eigenvalue weighted by molar-refractivity contribution is 0.00578. The quantitative estimate of drug-likeness (QED) is 0.618. The molecule has 154 valence electrons. The van der Waals surface area contributed by atoms with E-state index in [2.05, 4.69) is 10.3 Å². The highest BCUT2D eigenvalue weighted by molar-refractivity contribution is 6.56. The highest BCUT2D eigenvalue weighted by Crippen LogP contribution is 2.38. The summed E-state index contributed by atoms with van der Waals surface area (Å²) in [4.78, 5) is 15.8. The predicted molar refractivity (Wildman–Crippen MR) is 107 cm³/mol. The molecule has 8 heteroatoms. The Morgan fingerprint density at radius 2 is 1.86 bits per heavy atom. The first-order valence-electron chi connectivity index (χ1n) is 9.36. The third-order valence-corrected chi connectivity index (χ3v) is 4.92. The van der Waals surface area contributed by atoms with Crippen LogP contribution < -0.4 is 5.32 Å². The number of aromatic nitrogens is 1. The molecule has 0 atom stereocenters. The standard InChI is InChI=1S/C20H30BFN2O4/c1-13-14(9-10-23-16(13)22)11-15(12-24-17(25)26-18(2,3)4)21-27-19(5,6)20(7,8)28-21/h9-11H,12H2,1-8H3,(H,24,25). The summed E-state index contributed by atoms with van der Waals surface area (Å²) < 4.78 is 31.4. The lowest BCUT2D eigenvalue weighted by atomic mass is 9.76. The van der Waals surface area contributed by atoms with Crippen molar-refractivity contribution in [3.8, 4) is 0 Å². The summed E-state index contributed by atoms with van der Waals surface area (Å²) in [5, 5.41) is 2.73. The molecule has 0 aliphatic carbocycles. The van der Waals surface area contributed by atoms with Gasteiger partial charge in [-0.25, -0.2) is 9.78 Å². The molecule has 0 bridgehead atoms. The Bertz CT molecular complexity index is 756. The fourth-order valence-corrected chi connectivity index (χ4v) is 2.57. The summed E-state index contributed by atoms with van der Waals surface area (Å²) in [5.41, 5.74) is 0.0149. The zero-order valence-corrected chi connectivity index (χ0v) is 18.0. The predicted octanol–water partition coefficient (Wildman–Crippen LogP) is 4.07. The van der Waals surface area contributed by atoms with Crippen LogP contribution >= 0.6 is 0 Å². The van der Waals surface area contributed by atoms with Crippen LogP contribution in [0.15, 0.2) is 17.7 Å². The van der Waals surface area contributed by atoms with Crippen LogP contribution in [0, 0.1) is 12.9 Å². The molecular weight excluding hydrogens is 362 g/mol. The van der Waals surface area contributed by atoms with Gasteiger partial charge in [-0.3, -0.25) is 0 Å². The number of hydrogen-bond donors (Lipinski definition) is 1. The lowest BCUT2D eigenvalue weighted by Crippen LogP contribution is -2.41. The summed E-state index contributed by atoms with van der Waals surface area (Å²) in [6, 6.07) is 1.71. The van der Waals surface area contributed by atoms with Gasteiger partial charge in [-0.05, 0) is 72.5 Å². The van der Waals surface area contributed by atoms with E-state index in [0.717, 1.165) is 0 Å². The Labute approximate surface area is 167 Å². The molecule has 0 radical (unpaired) electrons. The largest absolute Gasteiger partial charge is 0.492 e. The zero-order valence-electron chi connectivity index (χ0n) is 18.0. The molecule has 0 spiro atoms. The van der Waals surface area contributed by atoms with Crippen LogP contribution in [-0.2, 0) is 14.0 Å². The minimum atomic E-state index is -0.685. The summed E-state index contributed by atoms with van der Waals surface area (Å²) >= 11 is 0. The molecule has 1 aliphatic rings. The maximum atomic E-state index is 13.9. The molecule has 6 nitrogen and oxygen atoms in total. The topological polar surface area (TPSA) is 69.7 Å². The minimum absolute atomic E-state index is 0.134. The van der Waals surface area contributed by atoms with Crippen LogP contribution in [0.25, 0.3) is 6.08 Å². The molecule has 0 saturated carbocycles. The SMILES string of the molecule is Cc1c(C=C(CNC(=O)OC(C)(C)C)B2OC(C)(C)C(C)(C)O2)ccnc1F. The fourth-order valence-electron chi connectivity index (χ4n) is 2.57. The van der Waals surface area contributed by atoms with Crippen LogP contribution in [0.4, 0.5) is 9.18 Å². The molecule has 2 heterocycles. The van der Waals surface area contributed by atoms with Gasteiger partial charge in [-0.2, -0.15) is 4.39 Å². The molecule has 0 unspecified atom stereocenters. The van der Waals surface area contributed by atoms with Crippen LogP contribution in [-0.4, -0.2) is 41.5 Å². The number of ether oxygens (including phenoxy) is 1. The summed E-state index contributed by atoms with van der Waals surface area (Å²) in [5.74, 6) is -0.540. The summed E-state index contributed by atoms with van der Waals surface area (Å²) in [6.07, 6.45) is 2.62. The van der Waals surface area contributed by atoms with Crippen molar-refractivity contribution >= 4 is 19.3 Å². The van der Waals surface area contributed by atoms with E-state index in [9.17, 15) is 9.18 Å². The van der Waals surface area contributed by atoms with Gasteiger partial charge in [0.05, 0.1) is 11.2 Å². The number of nitrogens with one attached hydrogen (secondary N) is 1. The first kappa shape index (κ1) is 22.4. The fraction of sp³-hybridized carbons (Fsp3) is 0.600. The van der Waals surface area contributed by atoms with E-state index in [4.69, 9.17) is 14.0 Å². The van der Waals surface area contributed by atoms with Crippen molar-refractivity contribution in [3.05, 3.63) is 34.8 Å². The maximum Gasteiger partial charge on any atom is 0.492 e. The van der Waals surface area contributed by atoms with Crippen LogP contribution in [0.1, 0.15) is 59.6 Å². The molecule has 1 amide bonds. The monoisotopic (exact) mass is 392 g/mol. The van der Waals surface area contributed by atoms with E-state index >= 15 is 0 Å². The number of alkyl carbamates (subject to hydrolysis) is 1. The van der Waals surface area contributed by atoms with E-state index in [-0.39, 0.29) is 6.54 Å². The average Bonchev–Trinajstić information content (AvgIpc) is 2.74. The third-order valence-electron chi connectivity index (χ3n) is 4.92. The number of hydrogen-bond acceptors (Lipinski definition) is 5. The van der Waals surface area contributed by atoms with Crippen molar-refractivity contribution in [1.82, 2.24) is 10.3 Å². The second kappa shape index (κ2) is 7.83. The van der Waals surface area contributed by atoms with Crippen LogP contribution in [0.5, 0.6) is 0 Å². The van der Waals surface area contributed by atoms with Crippen molar-refractivity contribution in [1.29, 1.82) is 0 Å². The van der Waals surface area contributed by atoms with Gasteiger partial charge in [-0.1, -0.05) is 6.08 Å². The number of rotatable bonds is 4. The molecule has 1 aromatic heterocycles. The molecule has 0 aromatic carbocycles. The lowest BCUT2D eigenvalue weighted by Gasteiger charge is -2.32. The molecule has 28 heavy (non-hydrogen) atoms. The van der Waals surface area contributed by atoms with E-state index < -0.39 is 36.0 Å². The van der Waals surface area contributed by atoms with Crippen molar-refractivity contribution in [2.24, 2.45) is 0 Å². The minimum Gasteiger partial charge on any atom is -0.444 e. The molecule has 1 N–H and O–H groups in total. The highest BCUT2D eigenvalue weighted by Gasteiger charge is 2.52. The molecule has 1 aliphatic heterocycles. The summed E-state index contributed by atoms with van der Waals surface area (Å²) in [6.45, 7) is 15.0. The van der Waals surface area contributed by atoms with E-state index in [1.807, 2.05) is 27.7 Å². The number of halogens is 1. The van der Waals surface area contributed by atoms with Gasteiger partial charge in [0.1, 0.15) is 5.60 Å². The third kappa shape index (κ3) is 5.32. The van der Waals surface area contributed by atoms with Crippen molar-refractivity contribution in [3.63, 3.8) is 0 Å². The van der Waals surface area contributed by atoms with Crippen molar-refractivity contribution in [2.45, 2.75) is 72.2 Å². The smallest absolute Gasteiger partial charge is 0.444 e. The van der Waals surface area contributed by atoms with E-state index in [0.29, 0.717) is 16.6 Å². The Balaban J connectivity index is 2.30. The second-order valence-corrected chi connectivity index (χ2v) is 8.98. The van der Waals surface area contributed by atoms with Crippen LogP contribution in [0.2, 0.25) is 0 Å².